The third-order valence-corrected chi connectivity index (χ3v) is 4.46. The molecule has 0 saturated carbocycles. The minimum atomic E-state index is -0.0192. The lowest BCUT2D eigenvalue weighted by molar-refractivity contribution is -0.120. The molecule has 1 heterocycles. The van der Waals surface area contributed by atoms with Gasteiger partial charge in [0.25, 0.3) is 0 Å². The summed E-state index contributed by atoms with van der Waals surface area (Å²) >= 11 is 7.51. The molecule has 1 N–H and O–H groups in total. The molecule has 4 nitrogen and oxygen atoms in total. The molecule has 1 aromatic heterocycles. The molecule has 6 heteroatoms. The van der Waals surface area contributed by atoms with E-state index in [1.165, 1.54) is 0 Å². The van der Waals surface area contributed by atoms with Gasteiger partial charge in [0.1, 0.15) is 5.82 Å². The maximum atomic E-state index is 11.7. The number of imidazole rings is 1. The molecule has 2 rings (SSSR count). The highest BCUT2D eigenvalue weighted by Gasteiger charge is 2.12. The molecule has 0 bridgehead atoms. The van der Waals surface area contributed by atoms with Crippen molar-refractivity contribution in [3.63, 3.8) is 0 Å². The average Bonchev–Trinajstić information content (AvgIpc) is 2.73. The van der Waals surface area contributed by atoms with Gasteiger partial charge in [0, 0.05) is 25.0 Å². The zero-order valence-corrected chi connectivity index (χ0v) is 13.4. The van der Waals surface area contributed by atoms with E-state index in [0.717, 1.165) is 16.9 Å². The van der Waals surface area contributed by atoms with E-state index in [-0.39, 0.29) is 11.2 Å². The number of benzene rings is 1. The molecule has 0 aliphatic carbocycles. The van der Waals surface area contributed by atoms with Crippen molar-refractivity contribution in [2.24, 2.45) is 7.05 Å². The molecule has 20 heavy (non-hydrogen) atoms. The van der Waals surface area contributed by atoms with E-state index in [2.05, 4.69) is 10.3 Å². The van der Waals surface area contributed by atoms with Crippen LogP contribution in [0.3, 0.4) is 0 Å². The van der Waals surface area contributed by atoms with Crippen molar-refractivity contribution in [2.75, 3.05) is 12.8 Å². The van der Waals surface area contributed by atoms with Gasteiger partial charge in [0.2, 0.25) is 5.91 Å². The summed E-state index contributed by atoms with van der Waals surface area (Å²) in [5.41, 5.74) is 1.94. The molecule has 1 atom stereocenters. The quantitative estimate of drug-likeness (QED) is 0.923. The van der Waals surface area contributed by atoms with Crippen LogP contribution in [0.1, 0.15) is 12.7 Å². The molecular formula is C14H18ClN3OS. The summed E-state index contributed by atoms with van der Waals surface area (Å²) in [5, 5.41) is 3.59. The number of aromatic nitrogens is 2. The molecule has 108 valence electrons. The zero-order chi connectivity index (χ0) is 14.7. The van der Waals surface area contributed by atoms with Crippen molar-refractivity contribution in [3.8, 4) is 0 Å². The summed E-state index contributed by atoms with van der Waals surface area (Å²) in [6.45, 7) is 2.49. The second kappa shape index (κ2) is 6.50. The molecule has 0 aliphatic rings. The van der Waals surface area contributed by atoms with Gasteiger partial charge in [-0.15, -0.1) is 0 Å². The van der Waals surface area contributed by atoms with Gasteiger partial charge in [-0.1, -0.05) is 11.6 Å². The van der Waals surface area contributed by atoms with Crippen LogP contribution in [0.4, 0.5) is 0 Å². The van der Waals surface area contributed by atoms with Crippen molar-refractivity contribution < 1.29 is 4.79 Å². The van der Waals surface area contributed by atoms with Crippen molar-refractivity contribution in [1.29, 1.82) is 0 Å². The number of halogens is 1. The minimum absolute atomic E-state index is 0.0192. The van der Waals surface area contributed by atoms with E-state index in [1.807, 2.05) is 43.0 Å². The van der Waals surface area contributed by atoms with Crippen LogP contribution in [0.5, 0.6) is 0 Å². The van der Waals surface area contributed by atoms with E-state index in [4.69, 9.17) is 11.6 Å². The summed E-state index contributed by atoms with van der Waals surface area (Å²) in [7, 11) is 1.98. The Morgan fingerprint density at radius 3 is 3.00 bits per heavy atom. The van der Waals surface area contributed by atoms with Crippen LogP contribution < -0.4 is 5.32 Å². The highest BCUT2D eigenvalue weighted by Crippen LogP contribution is 2.19. The van der Waals surface area contributed by atoms with Crippen LogP contribution in [-0.2, 0) is 18.3 Å². The average molecular weight is 312 g/mol. The molecule has 0 unspecified atom stereocenters. The van der Waals surface area contributed by atoms with Crippen LogP contribution in [0.25, 0.3) is 11.0 Å². The Balaban J connectivity index is 2.03. The lowest BCUT2D eigenvalue weighted by atomic mass is 10.3. The van der Waals surface area contributed by atoms with Crippen molar-refractivity contribution in [1.82, 2.24) is 14.9 Å². The molecular weight excluding hydrogens is 294 g/mol. The molecule has 0 spiro atoms. The number of fused-ring (bicyclic) bond motifs is 1. The van der Waals surface area contributed by atoms with Gasteiger partial charge < -0.3 is 9.88 Å². The van der Waals surface area contributed by atoms with E-state index < -0.39 is 0 Å². The number of hydrogen-bond acceptors (Lipinski definition) is 3. The summed E-state index contributed by atoms with van der Waals surface area (Å²) < 4.78 is 2.04. The third kappa shape index (κ3) is 3.27. The van der Waals surface area contributed by atoms with E-state index in [0.29, 0.717) is 18.0 Å². The number of rotatable bonds is 5. The molecule has 2 aromatic rings. The van der Waals surface area contributed by atoms with Gasteiger partial charge in [-0.25, -0.2) is 4.98 Å². The summed E-state index contributed by atoms with van der Waals surface area (Å²) in [6, 6.07) is 5.68. The first kappa shape index (κ1) is 15.2. The van der Waals surface area contributed by atoms with E-state index >= 15 is 0 Å². The maximum absolute atomic E-state index is 11.7. The van der Waals surface area contributed by atoms with Crippen molar-refractivity contribution in [3.05, 3.63) is 29.0 Å². The Hall–Kier alpha value is -1.20. The Labute approximate surface area is 127 Å². The first-order chi connectivity index (χ1) is 9.52. The van der Waals surface area contributed by atoms with E-state index in [1.54, 1.807) is 11.8 Å². The van der Waals surface area contributed by atoms with Gasteiger partial charge >= 0.3 is 0 Å². The predicted molar refractivity (Wildman–Crippen MR) is 85.4 cm³/mol. The Morgan fingerprint density at radius 1 is 1.55 bits per heavy atom. The number of hydrogen-bond donors (Lipinski definition) is 1. The fourth-order valence-corrected chi connectivity index (χ4v) is 2.46. The number of nitrogens with one attached hydrogen (secondary N) is 1. The smallest absolute Gasteiger partial charge is 0.232 e. The molecule has 0 aliphatic heterocycles. The highest BCUT2D eigenvalue weighted by atomic mass is 35.5. The number of aryl methyl sites for hydroxylation is 1. The predicted octanol–water partition coefficient (Wildman–Crippen LogP) is 2.64. The van der Waals surface area contributed by atoms with Crippen LogP contribution in [-0.4, -0.2) is 33.5 Å². The molecule has 1 aromatic carbocycles. The Bertz CT molecular complexity index is 626. The first-order valence-electron chi connectivity index (χ1n) is 6.44. The molecule has 0 saturated heterocycles. The SMILES string of the molecule is CS[C@@H](C)C(=O)NCCc1nc2cc(Cl)ccc2n1C. The van der Waals surface area contributed by atoms with Crippen molar-refractivity contribution in [2.45, 2.75) is 18.6 Å². The lowest BCUT2D eigenvalue weighted by Crippen LogP contribution is -2.32. The van der Waals surface area contributed by atoms with Gasteiger partial charge in [0.15, 0.2) is 0 Å². The van der Waals surface area contributed by atoms with Gasteiger partial charge in [-0.05, 0) is 31.4 Å². The van der Waals surface area contributed by atoms with Crippen LogP contribution in [0, 0.1) is 0 Å². The number of nitrogens with zero attached hydrogens (tertiary/aromatic N) is 2. The lowest BCUT2D eigenvalue weighted by Gasteiger charge is -2.09. The summed E-state index contributed by atoms with van der Waals surface area (Å²) in [5.74, 6) is 1.01. The highest BCUT2D eigenvalue weighted by molar-refractivity contribution is 7.99. The minimum Gasteiger partial charge on any atom is -0.355 e. The Morgan fingerprint density at radius 2 is 2.30 bits per heavy atom. The van der Waals surface area contributed by atoms with Gasteiger partial charge in [-0.3, -0.25) is 4.79 Å². The number of amides is 1. The number of thioether (sulfide) groups is 1. The molecule has 0 fully saturated rings. The van der Waals surface area contributed by atoms with Gasteiger partial charge in [-0.2, -0.15) is 11.8 Å². The van der Waals surface area contributed by atoms with Crippen LogP contribution in [0.2, 0.25) is 5.02 Å². The fraction of sp³-hybridized carbons (Fsp3) is 0.429. The second-order valence-corrected chi connectivity index (χ2v) is 6.25. The second-order valence-electron chi connectivity index (χ2n) is 4.64. The Kier molecular flexibility index (Phi) is 4.94. The standard InChI is InChI=1S/C14H18ClN3OS/c1-9(20-3)14(19)16-7-6-13-17-11-8-10(15)4-5-12(11)18(13)2/h4-5,8-9H,6-7H2,1-3H3,(H,16,19)/t9-/m0/s1. The summed E-state index contributed by atoms with van der Waals surface area (Å²) in [6.07, 6.45) is 2.63. The normalized spacial score (nSPS) is 12.6. The maximum Gasteiger partial charge on any atom is 0.232 e. The van der Waals surface area contributed by atoms with Crippen LogP contribution >= 0.6 is 23.4 Å². The third-order valence-electron chi connectivity index (χ3n) is 3.31. The van der Waals surface area contributed by atoms with E-state index in [9.17, 15) is 4.79 Å². The zero-order valence-electron chi connectivity index (χ0n) is 11.8. The molecule has 0 radical (unpaired) electrons. The van der Waals surface area contributed by atoms with Crippen molar-refractivity contribution >= 4 is 40.3 Å². The van der Waals surface area contributed by atoms with Gasteiger partial charge in [0.05, 0.1) is 16.3 Å². The topological polar surface area (TPSA) is 46.9 Å². The van der Waals surface area contributed by atoms with Crippen LogP contribution in [0.15, 0.2) is 18.2 Å². The largest absolute Gasteiger partial charge is 0.355 e. The summed E-state index contributed by atoms with van der Waals surface area (Å²) in [4.78, 5) is 16.2. The fourth-order valence-electron chi connectivity index (χ4n) is 1.99. The first-order valence-corrected chi connectivity index (χ1v) is 8.11. The number of carbonyl (C=O) groups is 1. The monoisotopic (exact) mass is 311 g/mol. The number of carbonyl (C=O) groups excluding carboxylic acids is 1. The molecule has 1 amide bonds.